The van der Waals surface area contributed by atoms with E-state index in [4.69, 9.17) is 11.6 Å². The van der Waals surface area contributed by atoms with E-state index in [0.717, 1.165) is 25.0 Å². The topological polar surface area (TPSA) is 80.2 Å². The van der Waals surface area contributed by atoms with Gasteiger partial charge in [-0.25, -0.2) is 21.9 Å². The molecule has 0 bridgehead atoms. The Hall–Kier alpha value is -1.97. The Bertz CT molecular complexity index is 1010. The molecule has 1 aromatic heterocycles. The number of carbonyl (C=O) groups excluding carboxylic acids is 1. The number of amides is 1. The molecule has 0 radical (unpaired) electrons. The van der Waals surface area contributed by atoms with Gasteiger partial charge in [-0.3, -0.25) is 4.79 Å². The van der Waals surface area contributed by atoms with E-state index in [1.165, 1.54) is 6.07 Å². The number of anilines is 1. The van der Waals surface area contributed by atoms with Crippen LogP contribution in [0.4, 0.5) is 14.5 Å². The molecule has 2 heterocycles. The largest absolute Gasteiger partial charge is 0.338 e. The fourth-order valence-electron chi connectivity index (χ4n) is 3.19. The summed E-state index contributed by atoms with van der Waals surface area (Å²) in [5.41, 5.74) is 0.507. The van der Waals surface area contributed by atoms with Crippen LogP contribution in [0.25, 0.3) is 0 Å². The quantitative estimate of drug-likeness (QED) is 0.783. The zero-order chi connectivity index (χ0) is 19.8. The number of benzene rings is 1. The number of halogens is 3. The Morgan fingerprint density at radius 3 is 2.67 bits per heavy atom. The van der Waals surface area contributed by atoms with E-state index >= 15 is 0 Å². The lowest BCUT2D eigenvalue weighted by Gasteiger charge is -2.18. The zero-order valence-electron chi connectivity index (χ0n) is 14.5. The van der Waals surface area contributed by atoms with Gasteiger partial charge in [0.15, 0.2) is 11.6 Å². The molecule has 6 nitrogen and oxygen atoms in total. The van der Waals surface area contributed by atoms with Crippen molar-refractivity contribution < 1.29 is 22.0 Å². The van der Waals surface area contributed by atoms with Gasteiger partial charge in [-0.05, 0) is 31.4 Å². The highest BCUT2D eigenvalue weighted by Gasteiger charge is 2.33. The SMILES string of the molecule is CCNS(=O)(=O)c1c(Cl)c(C(=O)Nc2ccc(F)c(F)c2)n2c1CCCC2. The summed E-state index contributed by atoms with van der Waals surface area (Å²) in [6.07, 6.45) is 2.02. The highest BCUT2D eigenvalue weighted by Crippen LogP contribution is 2.36. The molecule has 0 saturated carbocycles. The molecular formula is C17H18ClF2N3O3S. The summed E-state index contributed by atoms with van der Waals surface area (Å²) in [4.78, 5) is 12.7. The summed E-state index contributed by atoms with van der Waals surface area (Å²) in [7, 11) is -3.87. The van der Waals surface area contributed by atoms with Crippen LogP contribution >= 0.6 is 11.6 Å². The van der Waals surface area contributed by atoms with Crippen LogP contribution in [0.1, 0.15) is 35.9 Å². The minimum atomic E-state index is -3.87. The van der Waals surface area contributed by atoms with E-state index in [1.54, 1.807) is 11.5 Å². The number of hydrogen-bond donors (Lipinski definition) is 2. The first-order chi connectivity index (χ1) is 12.8. The molecule has 2 N–H and O–H groups in total. The number of nitrogens with one attached hydrogen (secondary N) is 2. The van der Waals surface area contributed by atoms with E-state index in [1.807, 2.05) is 0 Å². The number of carbonyl (C=O) groups is 1. The molecule has 146 valence electrons. The highest BCUT2D eigenvalue weighted by atomic mass is 35.5. The summed E-state index contributed by atoms with van der Waals surface area (Å²) < 4.78 is 55.6. The van der Waals surface area contributed by atoms with E-state index in [2.05, 4.69) is 10.0 Å². The average Bonchev–Trinajstić information content (AvgIpc) is 2.90. The first-order valence-electron chi connectivity index (χ1n) is 8.43. The van der Waals surface area contributed by atoms with Crippen LogP contribution in [0.2, 0.25) is 5.02 Å². The highest BCUT2D eigenvalue weighted by molar-refractivity contribution is 7.89. The standard InChI is InChI=1S/C17H18ClF2N3O3S/c1-2-21-27(25,26)16-13-5-3-4-8-23(13)15(14(16)18)17(24)22-10-6-7-11(19)12(20)9-10/h6-7,9,21H,2-5,8H2,1H3,(H,22,24). The molecule has 0 unspecified atom stereocenters. The predicted octanol–water partition coefficient (Wildman–Crippen LogP) is 3.31. The lowest BCUT2D eigenvalue weighted by Crippen LogP contribution is -2.25. The van der Waals surface area contributed by atoms with E-state index in [-0.39, 0.29) is 27.8 Å². The molecule has 3 rings (SSSR count). The number of nitrogens with zero attached hydrogens (tertiary/aromatic N) is 1. The number of sulfonamides is 1. The predicted molar refractivity (Wildman–Crippen MR) is 97.6 cm³/mol. The van der Waals surface area contributed by atoms with Crippen LogP contribution < -0.4 is 10.0 Å². The Morgan fingerprint density at radius 1 is 1.26 bits per heavy atom. The third-order valence-corrected chi connectivity index (χ3v) is 6.43. The first-order valence-corrected chi connectivity index (χ1v) is 10.3. The third-order valence-electron chi connectivity index (χ3n) is 4.31. The Balaban J connectivity index is 2.06. The summed E-state index contributed by atoms with van der Waals surface area (Å²) in [5.74, 6) is -2.83. The molecule has 0 saturated heterocycles. The maximum atomic E-state index is 13.4. The lowest BCUT2D eigenvalue weighted by atomic mass is 10.1. The van der Waals surface area contributed by atoms with Crippen LogP contribution in [0, 0.1) is 11.6 Å². The lowest BCUT2D eigenvalue weighted by molar-refractivity contribution is 0.101. The number of fused-ring (bicyclic) bond motifs is 1. The van der Waals surface area contributed by atoms with Crippen molar-refractivity contribution in [2.75, 3.05) is 11.9 Å². The normalized spacial score (nSPS) is 14.1. The van der Waals surface area contributed by atoms with Crippen molar-refractivity contribution in [1.82, 2.24) is 9.29 Å². The van der Waals surface area contributed by atoms with Gasteiger partial charge in [-0.2, -0.15) is 0 Å². The Kier molecular flexibility index (Phi) is 5.55. The molecule has 1 aliphatic rings. The number of rotatable bonds is 5. The van der Waals surface area contributed by atoms with E-state index < -0.39 is 27.6 Å². The van der Waals surface area contributed by atoms with Crippen LogP contribution in [0.3, 0.4) is 0 Å². The molecule has 0 fully saturated rings. The molecule has 27 heavy (non-hydrogen) atoms. The van der Waals surface area contributed by atoms with Gasteiger partial charge in [0.25, 0.3) is 5.91 Å². The molecule has 10 heteroatoms. The van der Waals surface area contributed by atoms with E-state index in [0.29, 0.717) is 18.7 Å². The molecule has 0 spiro atoms. The summed E-state index contributed by atoms with van der Waals surface area (Å²) in [6.45, 7) is 2.27. The van der Waals surface area contributed by atoms with Gasteiger partial charge in [-0.15, -0.1) is 0 Å². The fraction of sp³-hybridized carbons (Fsp3) is 0.353. The van der Waals surface area contributed by atoms with Crippen molar-refractivity contribution in [2.24, 2.45) is 0 Å². The van der Waals surface area contributed by atoms with Crippen LogP contribution in [0.15, 0.2) is 23.1 Å². The minimum absolute atomic E-state index is 0.00687. The molecule has 1 aromatic carbocycles. The van der Waals surface area contributed by atoms with Crippen molar-refractivity contribution in [1.29, 1.82) is 0 Å². The van der Waals surface area contributed by atoms with Gasteiger partial charge in [0, 0.05) is 30.5 Å². The molecule has 0 atom stereocenters. The number of aromatic nitrogens is 1. The van der Waals surface area contributed by atoms with Gasteiger partial charge < -0.3 is 9.88 Å². The first kappa shape index (κ1) is 19.8. The van der Waals surface area contributed by atoms with Gasteiger partial charge in [-0.1, -0.05) is 18.5 Å². The minimum Gasteiger partial charge on any atom is -0.338 e. The van der Waals surface area contributed by atoms with Crippen LogP contribution in [0.5, 0.6) is 0 Å². The molecule has 1 aliphatic heterocycles. The van der Waals surface area contributed by atoms with Crippen LogP contribution in [-0.4, -0.2) is 25.4 Å². The van der Waals surface area contributed by atoms with Crippen molar-refractivity contribution in [2.45, 2.75) is 37.6 Å². The van der Waals surface area contributed by atoms with Gasteiger partial charge in [0.1, 0.15) is 10.6 Å². The molecule has 1 amide bonds. The maximum Gasteiger partial charge on any atom is 0.273 e. The second-order valence-corrected chi connectivity index (χ2v) is 8.21. The smallest absolute Gasteiger partial charge is 0.273 e. The van der Waals surface area contributed by atoms with Gasteiger partial charge in [0.2, 0.25) is 10.0 Å². The number of hydrogen-bond acceptors (Lipinski definition) is 3. The zero-order valence-corrected chi connectivity index (χ0v) is 16.1. The van der Waals surface area contributed by atoms with E-state index in [9.17, 15) is 22.0 Å². The van der Waals surface area contributed by atoms with Gasteiger partial charge >= 0.3 is 0 Å². The Labute approximate surface area is 160 Å². The second-order valence-electron chi connectivity index (χ2n) is 6.13. The Morgan fingerprint density at radius 2 is 2.00 bits per heavy atom. The summed E-state index contributed by atoms with van der Waals surface area (Å²) in [6, 6.07) is 2.94. The van der Waals surface area contributed by atoms with Crippen LogP contribution in [-0.2, 0) is 23.0 Å². The average molecular weight is 418 g/mol. The van der Waals surface area contributed by atoms with Crippen molar-refractivity contribution in [3.8, 4) is 0 Å². The van der Waals surface area contributed by atoms with Crippen molar-refractivity contribution in [3.63, 3.8) is 0 Å². The third kappa shape index (κ3) is 3.71. The molecule has 2 aromatic rings. The maximum absolute atomic E-state index is 13.4. The second kappa shape index (κ2) is 7.57. The molecule has 0 aliphatic carbocycles. The molecular weight excluding hydrogens is 400 g/mol. The summed E-state index contributed by atoms with van der Waals surface area (Å²) in [5, 5.41) is 2.27. The van der Waals surface area contributed by atoms with Crippen molar-refractivity contribution in [3.05, 3.63) is 46.2 Å². The van der Waals surface area contributed by atoms with Gasteiger partial charge in [0.05, 0.1) is 5.02 Å². The van der Waals surface area contributed by atoms with Crippen molar-refractivity contribution >= 4 is 33.2 Å². The summed E-state index contributed by atoms with van der Waals surface area (Å²) >= 11 is 6.32. The monoisotopic (exact) mass is 417 g/mol. The fourth-order valence-corrected chi connectivity index (χ4v) is 5.17.